The molecule has 1 unspecified atom stereocenters. The van der Waals surface area contributed by atoms with Crippen molar-refractivity contribution in [3.63, 3.8) is 0 Å². The van der Waals surface area contributed by atoms with Gasteiger partial charge >= 0.3 is 0 Å². The molecule has 6 atom stereocenters. The summed E-state index contributed by atoms with van der Waals surface area (Å²) in [5.41, 5.74) is 4.37. The Labute approximate surface area is 153 Å². The quantitative estimate of drug-likeness (QED) is 0.741. The van der Waals surface area contributed by atoms with Crippen molar-refractivity contribution in [1.82, 2.24) is 0 Å². The van der Waals surface area contributed by atoms with Crippen LogP contribution in [0.25, 0.3) is 0 Å². The van der Waals surface area contributed by atoms with Crippen LogP contribution in [0.1, 0.15) is 72.1 Å². The molecular weight excluding hydrogens is 308 g/mol. The van der Waals surface area contributed by atoms with E-state index in [4.69, 9.17) is 0 Å². The molecule has 0 bridgehead atoms. The van der Waals surface area contributed by atoms with Gasteiger partial charge < -0.3 is 10.2 Å². The Morgan fingerprint density at radius 3 is 2.64 bits per heavy atom. The first kappa shape index (κ1) is 18.9. The van der Waals surface area contributed by atoms with E-state index in [1.807, 2.05) is 6.92 Å². The van der Waals surface area contributed by atoms with Crippen molar-refractivity contribution in [2.75, 3.05) is 0 Å². The van der Waals surface area contributed by atoms with Crippen molar-refractivity contribution in [2.45, 2.75) is 84.3 Å². The van der Waals surface area contributed by atoms with E-state index >= 15 is 0 Å². The summed E-state index contributed by atoms with van der Waals surface area (Å²) >= 11 is 0. The highest BCUT2D eigenvalue weighted by Gasteiger charge is 2.51. The Bertz CT molecular complexity index is 571. The summed E-state index contributed by atoms with van der Waals surface area (Å²) in [6, 6.07) is 0. The second-order valence-corrected chi connectivity index (χ2v) is 9.13. The summed E-state index contributed by atoms with van der Waals surface area (Å²) in [7, 11) is 0. The molecule has 140 valence electrons. The summed E-state index contributed by atoms with van der Waals surface area (Å²) < 4.78 is 0. The Morgan fingerprint density at radius 2 is 1.92 bits per heavy atom. The van der Waals surface area contributed by atoms with Gasteiger partial charge in [0.15, 0.2) is 0 Å². The Morgan fingerprint density at radius 1 is 1.16 bits per heavy atom. The van der Waals surface area contributed by atoms with E-state index < -0.39 is 0 Å². The third-order valence-corrected chi connectivity index (χ3v) is 7.62. The fraction of sp³-hybridized carbons (Fsp3) is 0.739. The monoisotopic (exact) mass is 344 g/mol. The fourth-order valence-corrected chi connectivity index (χ4v) is 5.87. The van der Waals surface area contributed by atoms with Crippen LogP contribution in [-0.4, -0.2) is 22.4 Å². The maximum absolute atomic E-state index is 10.1. The number of aliphatic hydroxyl groups excluding tert-OH is 2. The van der Waals surface area contributed by atoms with E-state index in [0.29, 0.717) is 23.2 Å². The van der Waals surface area contributed by atoms with Gasteiger partial charge in [-0.15, -0.1) is 0 Å². The van der Waals surface area contributed by atoms with Crippen LogP contribution in [-0.2, 0) is 0 Å². The van der Waals surface area contributed by atoms with E-state index in [2.05, 4.69) is 32.6 Å². The van der Waals surface area contributed by atoms with Gasteiger partial charge in [-0.2, -0.15) is 0 Å². The normalized spacial score (nSPS) is 41.8. The molecule has 2 heteroatoms. The first-order chi connectivity index (χ1) is 11.8. The molecule has 0 saturated heterocycles. The summed E-state index contributed by atoms with van der Waals surface area (Å²) in [5.74, 6) is 1.66. The van der Waals surface area contributed by atoms with Gasteiger partial charge in [-0.25, -0.2) is 0 Å². The lowest BCUT2D eigenvalue weighted by Crippen LogP contribution is -2.38. The zero-order chi connectivity index (χ0) is 18.2. The second kappa shape index (κ2) is 7.40. The third-order valence-electron chi connectivity index (χ3n) is 7.62. The van der Waals surface area contributed by atoms with E-state index in [9.17, 15) is 10.2 Å². The Hall–Kier alpha value is -0.860. The largest absolute Gasteiger partial charge is 0.393 e. The van der Waals surface area contributed by atoms with Crippen molar-refractivity contribution in [3.8, 4) is 0 Å². The van der Waals surface area contributed by atoms with Gasteiger partial charge in [0.25, 0.3) is 0 Å². The lowest BCUT2D eigenvalue weighted by Gasteiger charge is -2.45. The molecule has 0 amide bonds. The van der Waals surface area contributed by atoms with Gasteiger partial charge in [-0.05, 0) is 87.0 Å². The average molecular weight is 345 g/mol. The second-order valence-electron chi connectivity index (χ2n) is 9.13. The summed E-state index contributed by atoms with van der Waals surface area (Å²) in [6.07, 6.45) is 13.0. The smallest absolute Gasteiger partial charge is 0.0583 e. The molecular formula is C23H36O2. The molecule has 0 spiro atoms. The predicted octanol–water partition coefficient (Wildman–Crippen LogP) is 5.17. The fourth-order valence-electron chi connectivity index (χ4n) is 5.87. The van der Waals surface area contributed by atoms with Crippen LogP contribution in [0, 0.1) is 23.2 Å². The number of hydrogen-bond acceptors (Lipinski definition) is 2. The first-order valence-electron chi connectivity index (χ1n) is 10.3. The van der Waals surface area contributed by atoms with Crippen molar-refractivity contribution in [1.29, 1.82) is 0 Å². The molecule has 0 aliphatic heterocycles. The highest BCUT2D eigenvalue weighted by atomic mass is 16.3. The third kappa shape index (κ3) is 3.66. The SMILES string of the molecule is C=C1CC[C@H](O)C/C1=C/C=C1\CCC[C@]2(C)[C@@H]([C@H](C)C(C)O)CC[C@@H]12. The van der Waals surface area contributed by atoms with Crippen molar-refractivity contribution < 1.29 is 10.2 Å². The number of rotatable bonds is 3. The van der Waals surface area contributed by atoms with Gasteiger partial charge in [-0.1, -0.05) is 43.7 Å². The van der Waals surface area contributed by atoms with Crippen LogP contribution in [0.2, 0.25) is 0 Å². The van der Waals surface area contributed by atoms with Gasteiger partial charge in [0.2, 0.25) is 0 Å². The zero-order valence-corrected chi connectivity index (χ0v) is 16.3. The lowest BCUT2D eigenvalue weighted by atomic mass is 9.60. The molecule has 0 radical (unpaired) electrons. The van der Waals surface area contributed by atoms with E-state index in [1.54, 1.807) is 5.57 Å². The standard InChI is InChI=1S/C23H36O2/c1-15-7-10-20(25)14-19(15)9-8-18-6-5-13-23(4)21(11-12-22(18)23)16(2)17(3)24/h8-9,16-17,20-22,24-25H,1,5-7,10-14H2,2-4H3/b18-8+,19-9-/t16-,17?,20+,21-,22+,23-/m1/s1. The summed E-state index contributed by atoms with van der Waals surface area (Å²) in [5, 5.41) is 20.1. The number of allylic oxidation sites excluding steroid dienone is 4. The van der Waals surface area contributed by atoms with E-state index in [-0.39, 0.29) is 12.2 Å². The number of aliphatic hydroxyl groups is 2. The van der Waals surface area contributed by atoms with Crippen LogP contribution in [0.15, 0.2) is 35.5 Å². The summed E-state index contributed by atoms with van der Waals surface area (Å²) in [4.78, 5) is 0. The summed E-state index contributed by atoms with van der Waals surface area (Å²) in [6.45, 7) is 10.8. The Kier molecular flexibility index (Phi) is 5.60. The minimum Gasteiger partial charge on any atom is -0.393 e. The van der Waals surface area contributed by atoms with Gasteiger partial charge in [0.05, 0.1) is 12.2 Å². The number of fused-ring (bicyclic) bond motifs is 1. The zero-order valence-electron chi connectivity index (χ0n) is 16.3. The van der Waals surface area contributed by atoms with Crippen LogP contribution in [0.5, 0.6) is 0 Å². The molecule has 0 aromatic carbocycles. The minimum absolute atomic E-state index is 0.200. The van der Waals surface area contributed by atoms with E-state index in [0.717, 1.165) is 19.3 Å². The molecule has 2 N–H and O–H groups in total. The maximum atomic E-state index is 10.1. The molecule has 3 rings (SSSR count). The minimum atomic E-state index is -0.218. The molecule has 0 aromatic heterocycles. The molecule has 0 heterocycles. The van der Waals surface area contributed by atoms with E-state index in [1.165, 1.54) is 43.3 Å². The molecule has 2 nitrogen and oxygen atoms in total. The van der Waals surface area contributed by atoms with Crippen LogP contribution < -0.4 is 0 Å². The Balaban J connectivity index is 1.81. The van der Waals surface area contributed by atoms with Crippen molar-refractivity contribution in [3.05, 3.63) is 35.5 Å². The molecule has 25 heavy (non-hydrogen) atoms. The van der Waals surface area contributed by atoms with Crippen LogP contribution in [0.4, 0.5) is 0 Å². The van der Waals surface area contributed by atoms with Gasteiger partial charge in [0.1, 0.15) is 0 Å². The first-order valence-corrected chi connectivity index (χ1v) is 10.3. The maximum Gasteiger partial charge on any atom is 0.0583 e. The molecule has 3 fully saturated rings. The van der Waals surface area contributed by atoms with Crippen molar-refractivity contribution >= 4 is 0 Å². The molecule has 3 aliphatic carbocycles. The molecule has 0 aromatic rings. The highest BCUT2D eigenvalue weighted by molar-refractivity contribution is 5.36. The number of hydrogen-bond donors (Lipinski definition) is 2. The molecule has 3 saturated carbocycles. The highest BCUT2D eigenvalue weighted by Crippen LogP contribution is 2.59. The van der Waals surface area contributed by atoms with Gasteiger partial charge in [-0.3, -0.25) is 0 Å². The predicted molar refractivity (Wildman–Crippen MR) is 104 cm³/mol. The average Bonchev–Trinajstić information content (AvgIpc) is 2.92. The molecule has 3 aliphatic rings. The van der Waals surface area contributed by atoms with Crippen molar-refractivity contribution in [2.24, 2.45) is 23.2 Å². The van der Waals surface area contributed by atoms with Gasteiger partial charge in [0, 0.05) is 0 Å². The topological polar surface area (TPSA) is 40.5 Å². The lowest BCUT2D eigenvalue weighted by molar-refractivity contribution is 0.0298. The van der Waals surface area contributed by atoms with Crippen LogP contribution >= 0.6 is 0 Å². The van der Waals surface area contributed by atoms with Crippen LogP contribution in [0.3, 0.4) is 0 Å².